The molecule has 0 aromatic heterocycles. The lowest BCUT2D eigenvalue weighted by Crippen LogP contribution is -2.44. The van der Waals surface area contributed by atoms with E-state index in [4.69, 9.17) is 0 Å². The monoisotopic (exact) mass is 200 g/mol. The highest BCUT2D eigenvalue weighted by Crippen LogP contribution is 2.10. The quantitative estimate of drug-likeness (QED) is 0.614. The molecule has 0 heterocycles. The van der Waals surface area contributed by atoms with E-state index in [9.17, 15) is 4.79 Å². The summed E-state index contributed by atoms with van der Waals surface area (Å²) in [6, 6.07) is 0. The Bertz CT molecular complexity index is 167. The molecule has 0 aliphatic heterocycles. The van der Waals surface area contributed by atoms with Gasteiger partial charge in [0.25, 0.3) is 0 Å². The minimum Gasteiger partial charge on any atom is -0.351 e. The second kappa shape index (κ2) is 6.82. The first-order valence-corrected chi connectivity index (χ1v) is 5.53. The number of carbonyl (C=O) groups excluding carboxylic acids is 1. The Morgan fingerprint density at radius 3 is 2.43 bits per heavy atom. The van der Waals surface area contributed by atoms with Crippen molar-refractivity contribution in [3.05, 3.63) is 0 Å². The zero-order chi connectivity index (χ0) is 11.0. The SMILES string of the molecule is CCCC(C)(C)NC(=O)CCNCC. The zero-order valence-corrected chi connectivity index (χ0v) is 9.94. The van der Waals surface area contributed by atoms with Crippen molar-refractivity contribution in [1.82, 2.24) is 10.6 Å². The first-order chi connectivity index (χ1) is 6.52. The predicted molar refractivity (Wildman–Crippen MR) is 60.3 cm³/mol. The van der Waals surface area contributed by atoms with E-state index in [1.807, 2.05) is 6.92 Å². The Labute approximate surface area is 87.6 Å². The number of rotatable bonds is 7. The van der Waals surface area contributed by atoms with Crippen LogP contribution in [0.2, 0.25) is 0 Å². The number of hydrogen-bond donors (Lipinski definition) is 2. The van der Waals surface area contributed by atoms with Crippen molar-refractivity contribution >= 4 is 5.91 Å². The molecule has 0 unspecified atom stereocenters. The van der Waals surface area contributed by atoms with E-state index in [0.717, 1.165) is 25.9 Å². The second-order valence-electron chi connectivity index (χ2n) is 4.29. The largest absolute Gasteiger partial charge is 0.351 e. The Morgan fingerprint density at radius 1 is 1.29 bits per heavy atom. The van der Waals surface area contributed by atoms with Crippen LogP contribution in [0, 0.1) is 0 Å². The van der Waals surface area contributed by atoms with Crippen LogP contribution in [0.4, 0.5) is 0 Å². The topological polar surface area (TPSA) is 41.1 Å². The molecule has 14 heavy (non-hydrogen) atoms. The third kappa shape index (κ3) is 6.89. The fraction of sp³-hybridized carbons (Fsp3) is 0.909. The molecular formula is C11H24N2O. The van der Waals surface area contributed by atoms with E-state index in [1.165, 1.54) is 0 Å². The van der Waals surface area contributed by atoms with Crippen molar-refractivity contribution in [3.8, 4) is 0 Å². The molecule has 84 valence electrons. The van der Waals surface area contributed by atoms with Gasteiger partial charge < -0.3 is 10.6 Å². The molecule has 0 bridgehead atoms. The van der Waals surface area contributed by atoms with Gasteiger partial charge in [0.1, 0.15) is 0 Å². The van der Waals surface area contributed by atoms with Crippen LogP contribution >= 0.6 is 0 Å². The molecule has 0 saturated carbocycles. The van der Waals surface area contributed by atoms with Crippen molar-refractivity contribution in [3.63, 3.8) is 0 Å². The Hall–Kier alpha value is -0.570. The molecular weight excluding hydrogens is 176 g/mol. The van der Waals surface area contributed by atoms with Crippen molar-refractivity contribution < 1.29 is 4.79 Å². The predicted octanol–water partition coefficient (Wildman–Crippen LogP) is 1.68. The molecule has 1 amide bonds. The van der Waals surface area contributed by atoms with Crippen LogP contribution < -0.4 is 10.6 Å². The van der Waals surface area contributed by atoms with Crippen LogP contribution in [-0.4, -0.2) is 24.5 Å². The van der Waals surface area contributed by atoms with Gasteiger partial charge in [-0.15, -0.1) is 0 Å². The minimum absolute atomic E-state index is 0.0575. The lowest BCUT2D eigenvalue weighted by molar-refractivity contribution is -0.122. The molecule has 0 saturated heterocycles. The van der Waals surface area contributed by atoms with Gasteiger partial charge in [-0.1, -0.05) is 20.3 Å². The molecule has 0 fully saturated rings. The van der Waals surface area contributed by atoms with Crippen LogP contribution in [0.5, 0.6) is 0 Å². The van der Waals surface area contributed by atoms with Crippen LogP contribution in [0.1, 0.15) is 47.0 Å². The number of hydrogen-bond acceptors (Lipinski definition) is 2. The molecule has 0 aliphatic carbocycles. The van der Waals surface area contributed by atoms with Crippen molar-refractivity contribution in [2.45, 2.75) is 52.5 Å². The maximum Gasteiger partial charge on any atom is 0.221 e. The van der Waals surface area contributed by atoms with Crippen molar-refractivity contribution in [2.24, 2.45) is 0 Å². The molecule has 0 spiro atoms. The molecule has 3 heteroatoms. The smallest absolute Gasteiger partial charge is 0.221 e. The molecule has 3 nitrogen and oxygen atoms in total. The highest BCUT2D eigenvalue weighted by Gasteiger charge is 2.18. The summed E-state index contributed by atoms with van der Waals surface area (Å²) in [6.45, 7) is 10.0. The molecule has 2 N–H and O–H groups in total. The van der Waals surface area contributed by atoms with Crippen molar-refractivity contribution in [2.75, 3.05) is 13.1 Å². The van der Waals surface area contributed by atoms with Crippen LogP contribution in [0.15, 0.2) is 0 Å². The Kier molecular flexibility index (Phi) is 6.54. The van der Waals surface area contributed by atoms with Gasteiger partial charge in [0.05, 0.1) is 0 Å². The third-order valence-electron chi connectivity index (χ3n) is 2.13. The molecule has 0 aliphatic rings. The number of amides is 1. The lowest BCUT2D eigenvalue weighted by atomic mass is 9.99. The van der Waals surface area contributed by atoms with Gasteiger partial charge in [0.15, 0.2) is 0 Å². The van der Waals surface area contributed by atoms with Crippen LogP contribution in [0.25, 0.3) is 0 Å². The maximum atomic E-state index is 11.5. The number of nitrogens with one attached hydrogen (secondary N) is 2. The first-order valence-electron chi connectivity index (χ1n) is 5.53. The molecule has 0 aromatic rings. The van der Waals surface area contributed by atoms with Gasteiger partial charge in [-0.3, -0.25) is 4.79 Å². The van der Waals surface area contributed by atoms with E-state index in [-0.39, 0.29) is 11.4 Å². The summed E-state index contributed by atoms with van der Waals surface area (Å²) >= 11 is 0. The lowest BCUT2D eigenvalue weighted by Gasteiger charge is -2.25. The van der Waals surface area contributed by atoms with Gasteiger partial charge in [-0.25, -0.2) is 0 Å². The van der Waals surface area contributed by atoms with E-state index in [0.29, 0.717) is 6.42 Å². The van der Waals surface area contributed by atoms with Gasteiger partial charge in [0, 0.05) is 18.5 Å². The highest BCUT2D eigenvalue weighted by atomic mass is 16.1. The summed E-state index contributed by atoms with van der Waals surface area (Å²) in [5.41, 5.74) is -0.0575. The zero-order valence-electron chi connectivity index (χ0n) is 9.94. The average molecular weight is 200 g/mol. The van der Waals surface area contributed by atoms with Gasteiger partial charge in [0.2, 0.25) is 5.91 Å². The van der Waals surface area contributed by atoms with Crippen molar-refractivity contribution in [1.29, 1.82) is 0 Å². The summed E-state index contributed by atoms with van der Waals surface area (Å²) in [5.74, 6) is 0.143. The summed E-state index contributed by atoms with van der Waals surface area (Å²) < 4.78 is 0. The minimum atomic E-state index is -0.0575. The summed E-state index contributed by atoms with van der Waals surface area (Å²) in [5, 5.41) is 6.17. The van der Waals surface area contributed by atoms with E-state index in [2.05, 4.69) is 31.4 Å². The Morgan fingerprint density at radius 2 is 1.93 bits per heavy atom. The maximum absolute atomic E-state index is 11.5. The average Bonchev–Trinajstić information content (AvgIpc) is 2.03. The molecule has 0 radical (unpaired) electrons. The van der Waals surface area contributed by atoms with E-state index < -0.39 is 0 Å². The second-order valence-corrected chi connectivity index (χ2v) is 4.29. The van der Waals surface area contributed by atoms with E-state index in [1.54, 1.807) is 0 Å². The Balaban J connectivity index is 3.69. The fourth-order valence-corrected chi connectivity index (χ4v) is 1.51. The van der Waals surface area contributed by atoms with Gasteiger partial charge in [-0.05, 0) is 26.8 Å². The van der Waals surface area contributed by atoms with Crippen LogP contribution in [0.3, 0.4) is 0 Å². The summed E-state index contributed by atoms with van der Waals surface area (Å²) in [7, 11) is 0. The summed E-state index contributed by atoms with van der Waals surface area (Å²) in [4.78, 5) is 11.5. The summed E-state index contributed by atoms with van der Waals surface area (Å²) in [6.07, 6.45) is 2.70. The highest BCUT2D eigenvalue weighted by molar-refractivity contribution is 5.76. The number of carbonyl (C=O) groups is 1. The van der Waals surface area contributed by atoms with E-state index >= 15 is 0 Å². The molecule has 0 rings (SSSR count). The normalized spacial score (nSPS) is 11.4. The van der Waals surface area contributed by atoms with Gasteiger partial charge in [-0.2, -0.15) is 0 Å². The molecule has 0 aromatic carbocycles. The van der Waals surface area contributed by atoms with Crippen LogP contribution in [-0.2, 0) is 4.79 Å². The standard InChI is InChI=1S/C11H24N2O/c1-5-8-11(3,4)13-10(14)7-9-12-6-2/h12H,5-9H2,1-4H3,(H,13,14). The first kappa shape index (κ1) is 13.4. The fourth-order valence-electron chi connectivity index (χ4n) is 1.51. The van der Waals surface area contributed by atoms with Gasteiger partial charge >= 0.3 is 0 Å². The third-order valence-corrected chi connectivity index (χ3v) is 2.13. The molecule has 0 atom stereocenters.